The van der Waals surface area contributed by atoms with Gasteiger partial charge in [-0.1, -0.05) is 53.1 Å². The second kappa shape index (κ2) is 20.0. The number of benzene rings is 7. The summed E-state index contributed by atoms with van der Waals surface area (Å²) in [5, 5.41) is 4.71. The highest BCUT2D eigenvalue weighted by atomic mass is 28.3. The van der Waals surface area contributed by atoms with Gasteiger partial charge in [-0.15, -0.1) is 21.9 Å². The molecule has 0 saturated carbocycles. The molecule has 0 atom stereocenters. The van der Waals surface area contributed by atoms with Gasteiger partial charge in [0.1, 0.15) is 68.2 Å². The van der Waals surface area contributed by atoms with Gasteiger partial charge >= 0.3 is 8.80 Å². The van der Waals surface area contributed by atoms with Crippen LogP contribution < -0.4 is 37.4 Å². The van der Waals surface area contributed by atoms with Gasteiger partial charge in [0, 0.05) is 0 Å². The van der Waals surface area contributed by atoms with E-state index in [4.69, 9.17) is 0 Å². The molecule has 0 fully saturated rings. The Balaban J connectivity index is 0.000000265. The molecule has 0 heterocycles. The maximum atomic E-state index is 15.4. The summed E-state index contributed by atoms with van der Waals surface area (Å²) in [4.78, 5) is 0. The molecule has 7 rings (SSSR count). The van der Waals surface area contributed by atoms with Crippen molar-refractivity contribution in [3.05, 3.63) is 203 Å². The van der Waals surface area contributed by atoms with Gasteiger partial charge in [-0.2, -0.15) is 0 Å². The lowest BCUT2D eigenvalue weighted by Crippen LogP contribution is -2.81. The third-order valence-corrected chi connectivity index (χ3v) is 16.4. The zero-order valence-corrected chi connectivity index (χ0v) is 40.1. The molecule has 0 amide bonds. The van der Waals surface area contributed by atoms with E-state index in [0.29, 0.717) is 0 Å². The highest BCUT2D eigenvalue weighted by Crippen LogP contribution is 2.31. The molecule has 0 bridgehead atoms. The highest BCUT2D eigenvalue weighted by Gasteiger charge is 2.52. The third-order valence-electron chi connectivity index (χ3n) is 12.5. The fraction of sp³-hybridized carbons (Fsp3) is 0.176. The highest BCUT2D eigenvalue weighted by molar-refractivity contribution is 7.20. The molecule has 0 aliphatic carbocycles. The summed E-state index contributed by atoms with van der Waals surface area (Å²) in [5.41, 5.74) is -1.65. The van der Waals surface area contributed by atoms with Crippen molar-refractivity contribution in [2.45, 2.75) is 62.3 Å². The molecule has 0 nitrogen and oxygen atoms in total. The minimum atomic E-state index is -7.22. The normalized spacial score (nSPS) is 11.6. The first-order valence-electron chi connectivity index (χ1n) is 21.1. The van der Waals surface area contributed by atoms with Crippen molar-refractivity contribution >= 4 is 52.4 Å². The van der Waals surface area contributed by atoms with Crippen LogP contribution in [0.2, 0.25) is 0 Å². The maximum absolute atomic E-state index is 15.4. The first-order valence-corrected chi connectivity index (χ1v) is 22.6. The average Bonchev–Trinajstić information content (AvgIpc) is 3.30. The molecule has 73 heavy (non-hydrogen) atoms. The number of aryl methyl sites for hydroxylation is 9. The Bertz CT molecular complexity index is 2870. The van der Waals surface area contributed by atoms with Crippen molar-refractivity contribution in [2.75, 3.05) is 0 Å². The second-order valence-corrected chi connectivity index (χ2v) is 19.7. The van der Waals surface area contributed by atoms with Crippen LogP contribution in [-0.2, 0) is 0 Å². The van der Waals surface area contributed by atoms with Crippen LogP contribution in [0.4, 0.5) is 87.8 Å². The van der Waals surface area contributed by atoms with Crippen LogP contribution in [0.1, 0.15) is 50.1 Å². The lowest BCUT2D eigenvalue weighted by Gasteiger charge is -2.44. The fourth-order valence-electron chi connectivity index (χ4n) is 9.97. The Hall–Kier alpha value is -6.58. The number of hydrogen-bond donors (Lipinski definition) is 0. The first-order chi connectivity index (χ1) is 33.8. The SMILES string of the molecule is Cc1cc(C)c([Si+](c2c(C)cc(C)cc2C)c2c(C)cc(C)cc2C)c(C)c1.Fc1c(F)c(F)c([B-](c2c(F)c(F)c(F)c(F)c2F)(c2c(F)c(F)c(F)c(F)c2F)c2c(F)c(F)c(F)c(F)c2F)c(F)c1F. The van der Waals surface area contributed by atoms with Crippen molar-refractivity contribution in [1.82, 2.24) is 0 Å². The average molecular weight is 1060 g/mol. The van der Waals surface area contributed by atoms with Crippen LogP contribution in [0.25, 0.3) is 0 Å². The fourth-order valence-corrected chi connectivity index (χ4v) is 13.5. The van der Waals surface area contributed by atoms with Gasteiger partial charge in [0.2, 0.25) is 0 Å². The van der Waals surface area contributed by atoms with E-state index in [1.54, 1.807) is 15.6 Å². The number of halogens is 20. The van der Waals surface area contributed by atoms with Crippen LogP contribution in [0.15, 0.2) is 36.4 Å². The minimum Gasteiger partial charge on any atom is -0.207 e. The summed E-state index contributed by atoms with van der Waals surface area (Å²) in [6, 6.07) is 14.2. The molecule has 7 aromatic carbocycles. The Kier molecular flexibility index (Phi) is 15.3. The third kappa shape index (κ3) is 8.75. The molecular formula is C51H33BF20Si. The van der Waals surface area contributed by atoms with E-state index in [9.17, 15) is 52.7 Å². The zero-order chi connectivity index (χ0) is 55.1. The lowest BCUT2D eigenvalue weighted by molar-refractivity contribution is 0.378. The quantitative estimate of drug-likeness (QED) is 0.0491. The Morgan fingerprint density at radius 1 is 0.219 bits per heavy atom. The summed E-state index contributed by atoms with van der Waals surface area (Å²) in [6.45, 7) is 20.4. The molecule has 22 heteroatoms. The standard InChI is InChI=1S/C27H33Si.C24BF20/c1-16-10-19(4)25(20(5)11-16)28(26-21(6)12-17(2)13-22(26)7)27-23(8)14-18(3)15-24(27)9;26-5-1(6(27)14(35)21(42)13(5)34)25(2-7(28)15(36)22(43)16(37)8(2)29,3-9(30)17(38)23(44)18(39)10(3)31)4-11(32)19(40)24(45)20(41)12(4)33/h10-15H,1-9H3;/q+1;-1. The molecule has 384 valence electrons. The van der Waals surface area contributed by atoms with Gasteiger partial charge in [-0.3, -0.25) is 0 Å². The predicted molar refractivity (Wildman–Crippen MR) is 236 cm³/mol. The van der Waals surface area contributed by atoms with E-state index < -0.39 is 153 Å². The molecule has 0 spiro atoms. The predicted octanol–water partition coefficient (Wildman–Crippen LogP) is 10.8. The summed E-state index contributed by atoms with van der Waals surface area (Å²) in [5.74, 6) is -71.4. The largest absolute Gasteiger partial charge is 0.430 e. The maximum Gasteiger partial charge on any atom is 0.430 e. The van der Waals surface area contributed by atoms with Crippen LogP contribution in [0.5, 0.6) is 0 Å². The van der Waals surface area contributed by atoms with Crippen LogP contribution >= 0.6 is 0 Å². The smallest absolute Gasteiger partial charge is 0.207 e. The van der Waals surface area contributed by atoms with Gasteiger partial charge < -0.3 is 0 Å². The van der Waals surface area contributed by atoms with Gasteiger partial charge in [0.05, 0.1) is 0 Å². The number of hydrogen-bond acceptors (Lipinski definition) is 0. The van der Waals surface area contributed by atoms with E-state index >= 15 is 35.1 Å². The van der Waals surface area contributed by atoms with Gasteiger partial charge in [-0.25, -0.2) is 87.8 Å². The van der Waals surface area contributed by atoms with Gasteiger partial charge in [0.15, 0.2) is 69.8 Å². The topological polar surface area (TPSA) is 0 Å². The molecule has 0 aliphatic heterocycles. The summed E-state index contributed by atoms with van der Waals surface area (Å²) in [7, 11) is -1.11. The molecule has 0 unspecified atom stereocenters. The Labute approximate surface area is 404 Å². The Morgan fingerprint density at radius 2 is 0.342 bits per heavy atom. The molecular weight excluding hydrogens is 1030 g/mol. The molecule has 0 radical (unpaired) electrons. The molecule has 0 aromatic heterocycles. The lowest BCUT2D eigenvalue weighted by atomic mass is 9.12. The van der Waals surface area contributed by atoms with Crippen molar-refractivity contribution in [2.24, 2.45) is 0 Å². The van der Waals surface area contributed by atoms with Crippen molar-refractivity contribution in [3.63, 3.8) is 0 Å². The van der Waals surface area contributed by atoms with Gasteiger partial charge in [-0.05, 0) is 95.7 Å². The molecule has 7 aromatic rings. The first kappa shape index (κ1) is 55.7. The van der Waals surface area contributed by atoms with Gasteiger partial charge in [0.25, 0.3) is 0 Å². The van der Waals surface area contributed by atoms with E-state index in [0.717, 1.165) is 0 Å². The molecule has 0 aliphatic rings. The minimum absolute atomic E-state index is 1.11. The van der Waals surface area contributed by atoms with E-state index in [-0.39, 0.29) is 0 Å². The summed E-state index contributed by atoms with van der Waals surface area (Å²) >= 11 is 0. The number of rotatable bonds is 7. The van der Waals surface area contributed by atoms with E-state index in [1.165, 1.54) is 50.1 Å². The Morgan fingerprint density at radius 3 is 0.479 bits per heavy atom. The van der Waals surface area contributed by atoms with Crippen molar-refractivity contribution in [3.8, 4) is 0 Å². The van der Waals surface area contributed by atoms with Crippen molar-refractivity contribution < 1.29 is 87.8 Å². The van der Waals surface area contributed by atoms with Crippen LogP contribution in [-0.4, -0.2) is 14.9 Å². The second-order valence-electron chi connectivity index (χ2n) is 17.5. The van der Waals surface area contributed by atoms with Crippen LogP contribution in [0, 0.1) is 179 Å². The molecule has 0 saturated heterocycles. The summed E-state index contributed by atoms with van der Waals surface area (Å²) in [6.07, 6.45) is -7.22. The monoisotopic (exact) mass is 1060 g/mol. The van der Waals surface area contributed by atoms with E-state index in [1.807, 2.05) is 0 Å². The zero-order valence-electron chi connectivity index (χ0n) is 39.1. The van der Waals surface area contributed by atoms with Crippen LogP contribution in [0.3, 0.4) is 0 Å². The van der Waals surface area contributed by atoms with Crippen molar-refractivity contribution in [1.29, 1.82) is 0 Å². The molecule has 0 N–H and O–H groups in total. The summed E-state index contributed by atoms with van der Waals surface area (Å²) < 4.78 is 294. The van der Waals surface area contributed by atoms with E-state index in [2.05, 4.69) is 98.7 Å².